The highest BCUT2D eigenvalue weighted by Gasteiger charge is 2.46. The van der Waals surface area contributed by atoms with Gasteiger partial charge in [-0.3, -0.25) is 20.2 Å². The van der Waals surface area contributed by atoms with Crippen LogP contribution in [-0.2, 0) is 19.1 Å². The van der Waals surface area contributed by atoms with Crippen molar-refractivity contribution in [1.82, 2.24) is 4.90 Å². The summed E-state index contributed by atoms with van der Waals surface area (Å²) in [6.45, 7) is 1.19. The second kappa shape index (κ2) is 4.62. The number of esters is 1. The molecule has 98 valence electrons. The number of hydrogen-bond donors (Lipinski definition) is 2. The number of carbonyl (C=O) groups is 3. The number of carbonyl (C=O) groups excluding carboxylic acids is 2. The summed E-state index contributed by atoms with van der Waals surface area (Å²) in [7, 11) is 0. The number of aliphatic carboxylic acids is 1. The fourth-order valence-corrected chi connectivity index (χ4v) is 3.21. The van der Waals surface area contributed by atoms with Gasteiger partial charge in [-0.15, -0.1) is 11.8 Å². The lowest BCUT2D eigenvalue weighted by molar-refractivity contribution is -0.147. The summed E-state index contributed by atoms with van der Waals surface area (Å²) in [6, 6.07) is 0. The Morgan fingerprint density at radius 1 is 1.61 bits per heavy atom. The number of nitrogens with two attached hydrogens (primary N) is 1. The minimum atomic E-state index is -1.23. The average molecular weight is 272 g/mol. The van der Waals surface area contributed by atoms with Gasteiger partial charge in [0.2, 0.25) is 5.91 Å². The van der Waals surface area contributed by atoms with Gasteiger partial charge >= 0.3 is 11.9 Å². The lowest BCUT2D eigenvalue weighted by Crippen LogP contribution is -2.55. The highest BCUT2D eigenvalue weighted by Crippen LogP contribution is 2.40. The Morgan fingerprint density at radius 2 is 2.28 bits per heavy atom. The Balaban J connectivity index is 2.33. The molecule has 1 amide bonds. The van der Waals surface area contributed by atoms with Crippen LogP contribution in [0, 0.1) is 0 Å². The number of amides is 1. The average Bonchev–Trinajstić information content (AvgIpc) is 2.25. The summed E-state index contributed by atoms with van der Waals surface area (Å²) in [5.41, 5.74) is 5.75. The van der Waals surface area contributed by atoms with Crippen LogP contribution in [0.1, 0.15) is 13.3 Å². The van der Waals surface area contributed by atoms with Crippen molar-refractivity contribution in [2.45, 2.75) is 24.9 Å². The molecule has 0 aliphatic carbocycles. The van der Waals surface area contributed by atoms with Crippen LogP contribution in [0.15, 0.2) is 11.3 Å². The lowest BCUT2D eigenvalue weighted by Gasteiger charge is -2.44. The molecule has 0 aromatic heterocycles. The SMILES string of the molecule is CC(=O)OC(N)C1=C(C(=O)O)N2C(=O)C[C@H]2SC1. The Bertz CT molecular complexity index is 461. The van der Waals surface area contributed by atoms with Crippen molar-refractivity contribution in [3.8, 4) is 0 Å². The molecule has 18 heavy (non-hydrogen) atoms. The number of rotatable bonds is 3. The molecule has 2 aliphatic heterocycles. The van der Waals surface area contributed by atoms with E-state index in [0.29, 0.717) is 12.2 Å². The normalized spacial score (nSPS) is 24.2. The van der Waals surface area contributed by atoms with Crippen molar-refractivity contribution in [2.24, 2.45) is 5.73 Å². The van der Waals surface area contributed by atoms with Crippen LogP contribution in [0.3, 0.4) is 0 Å². The van der Waals surface area contributed by atoms with Crippen LogP contribution in [0.25, 0.3) is 0 Å². The van der Waals surface area contributed by atoms with Crippen LogP contribution < -0.4 is 5.73 Å². The van der Waals surface area contributed by atoms with Crippen molar-refractivity contribution in [1.29, 1.82) is 0 Å². The highest BCUT2D eigenvalue weighted by molar-refractivity contribution is 8.00. The number of thioether (sulfide) groups is 1. The minimum absolute atomic E-state index is 0.142. The van der Waals surface area contributed by atoms with Gasteiger partial charge in [0, 0.05) is 18.2 Å². The Labute approximate surface area is 107 Å². The van der Waals surface area contributed by atoms with E-state index in [9.17, 15) is 19.5 Å². The van der Waals surface area contributed by atoms with E-state index in [1.54, 1.807) is 0 Å². The molecule has 0 radical (unpaired) electrons. The number of nitrogens with zero attached hydrogens (tertiary/aromatic N) is 1. The maximum absolute atomic E-state index is 11.4. The van der Waals surface area contributed by atoms with Gasteiger partial charge in [-0.05, 0) is 0 Å². The molecule has 1 unspecified atom stereocenters. The van der Waals surface area contributed by atoms with E-state index in [1.165, 1.54) is 23.6 Å². The molecule has 2 heterocycles. The third kappa shape index (κ3) is 2.08. The molecule has 7 nitrogen and oxygen atoms in total. The molecular weight excluding hydrogens is 260 g/mol. The molecule has 3 N–H and O–H groups in total. The number of fused-ring (bicyclic) bond motifs is 1. The molecule has 2 rings (SSSR count). The molecule has 1 saturated heterocycles. The van der Waals surface area contributed by atoms with Crippen LogP contribution in [0.4, 0.5) is 0 Å². The van der Waals surface area contributed by atoms with E-state index in [4.69, 9.17) is 10.5 Å². The van der Waals surface area contributed by atoms with E-state index in [2.05, 4.69) is 0 Å². The van der Waals surface area contributed by atoms with Crippen molar-refractivity contribution in [3.05, 3.63) is 11.3 Å². The standard InChI is InChI=1S/C10H12N2O5S/c1-4(13)17-9(11)5-3-18-7-2-6(14)12(7)8(5)10(15)16/h7,9H,2-3,11H2,1H3,(H,15,16)/t7-,9?/m1/s1. The fraction of sp³-hybridized carbons (Fsp3) is 0.500. The fourth-order valence-electron chi connectivity index (χ4n) is 1.91. The Hall–Kier alpha value is -1.54. The second-order valence-electron chi connectivity index (χ2n) is 3.94. The van der Waals surface area contributed by atoms with Crippen molar-refractivity contribution in [3.63, 3.8) is 0 Å². The van der Waals surface area contributed by atoms with E-state index in [-0.39, 0.29) is 22.6 Å². The summed E-state index contributed by atoms with van der Waals surface area (Å²) in [6.07, 6.45) is -0.798. The number of ether oxygens (including phenoxy) is 1. The summed E-state index contributed by atoms with van der Waals surface area (Å²) in [5.74, 6) is -1.74. The summed E-state index contributed by atoms with van der Waals surface area (Å²) in [4.78, 5) is 34.7. The van der Waals surface area contributed by atoms with E-state index in [1.807, 2.05) is 0 Å². The number of β-lactam (4-membered cyclic amide) rings is 1. The van der Waals surface area contributed by atoms with E-state index in [0.717, 1.165) is 0 Å². The first-order valence-electron chi connectivity index (χ1n) is 5.24. The van der Waals surface area contributed by atoms with Gasteiger partial charge in [-0.2, -0.15) is 0 Å². The largest absolute Gasteiger partial charge is 0.477 e. The van der Waals surface area contributed by atoms with Crippen LogP contribution in [0.5, 0.6) is 0 Å². The van der Waals surface area contributed by atoms with E-state index < -0.39 is 18.2 Å². The zero-order valence-electron chi connectivity index (χ0n) is 9.58. The molecule has 1 fully saturated rings. The van der Waals surface area contributed by atoms with Gasteiger partial charge in [-0.25, -0.2) is 4.79 Å². The van der Waals surface area contributed by atoms with Crippen molar-refractivity contribution < 1.29 is 24.2 Å². The number of carboxylic acids is 1. The molecule has 2 aliphatic rings. The topological polar surface area (TPSA) is 110 Å². The molecule has 8 heteroatoms. The quantitative estimate of drug-likeness (QED) is 0.404. The zero-order valence-corrected chi connectivity index (χ0v) is 10.4. The lowest BCUT2D eigenvalue weighted by atomic mass is 10.1. The van der Waals surface area contributed by atoms with Gasteiger partial charge in [0.15, 0.2) is 6.23 Å². The Kier molecular flexibility index (Phi) is 3.31. The predicted octanol–water partition coefficient (Wildman–Crippen LogP) is -0.522. The van der Waals surface area contributed by atoms with Crippen molar-refractivity contribution >= 4 is 29.6 Å². The molecular formula is C10H12N2O5S. The first kappa shape index (κ1) is 12.9. The molecule has 0 aromatic rings. The maximum Gasteiger partial charge on any atom is 0.352 e. The summed E-state index contributed by atoms with van der Waals surface area (Å²) in [5, 5.41) is 9.03. The third-order valence-electron chi connectivity index (χ3n) is 2.72. The Morgan fingerprint density at radius 3 is 2.78 bits per heavy atom. The first-order chi connectivity index (χ1) is 8.41. The van der Waals surface area contributed by atoms with Gasteiger partial charge in [0.1, 0.15) is 5.70 Å². The highest BCUT2D eigenvalue weighted by atomic mass is 32.2. The van der Waals surface area contributed by atoms with Crippen molar-refractivity contribution in [2.75, 3.05) is 5.75 Å². The van der Waals surface area contributed by atoms with Gasteiger partial charge in [0.25, 0.3) is 0 Å². The van der Waals surface area contributed by atoms with Gasteiger partial charge < -0.3 is 9.84 Å². The molecule has 0 spiro atoms. The van der Waals surface area contributed by atoms with E-state index >= 15 is 0 Å². The van der Waals surface area contributed by atoms with Gasteiger partial charge in [0.05, 0.1) is 11.8 Å². The second-order valence-corrected chi connectivity index (χ2v) is 5.11. The number of hydrogen-bond acceptors (Lipinski definition) is 6. The summed E-state index contributed by atoms with van der Waals surface area (Å²) < 4.78 is 4.78. The molecule has 0 saturated carbocycles. The van der Waals surface area contributed by atoms with Crippen LogP contribution in [-0.4, -0.2) is 45.2 Å². The molecule has 0 aromatic carbocycles. The molecule has 2 atom stereocenters. The summed E-state index contributed by atoms with van der Waals surface area (Å²) >= 11 is 1.41. The maximum atomic E-state index is 11.4. The van der Waals surface area contributed by atoms with Crippen LogP contribution >= 0.6 is 11.8 Å². The van der Waals surface area contributed by atoms with Crippen LogP contribution in [0.2, 0.25) is 0 Å². The molecule has 0 bridgehead atoms. The first-order valence-corrected chi connectivity index (χ1v) is 6.29. The zero-order chi connectivity index (χ0) is 13.4. The monoisotopic (exact) mass is 272 g/mol. The smallest absolute Gasteiger partial charge is 0.352 e. The number of carboxylic acid groups (broad SMARTS) is 1. The van der Waals surface area contributed by atoms with Gasteiger partial charge in [-0.1, -0.05) is 0 Å². The minimum Gasteiger partial charge on any atom is -0.477 e. The third-order valence-corrected chi connectivity index (χ3v) is 3.96. The predicted molar refractivity (Wildman–Crippen MR) is 62.1 cm³/mol.